The molecule has 1 aromatic heterocycles. The number of rotatable bonds is 5. The third-order valence-corrected chi connectivity index (χ3v) is 6.59. The van der Waals surface area contributed by atoms with E-state index < -0.39 is 10.0 Å². The molecule has 0 aliphatic heterocycles. The lowest BCUT2D eigenvalue weighted by Gasteiger charge is -2.16. The highest BCUT2D eigenvalue weighted by Crippen LogP contribution is 2.29. The van der Waals surface area contributed by atoms with Crippen LogP contribution in [0.2, 0.25) is 5.02 Å². The van der Waals surface area contributed by atoms with E-state index in [1.807, 2.05) is 64.1 Å². The minimum Gasteiger partial charge on any atom is -0.265 e. The fourth-order valence-electron chi connectivity index (χ4n) is 3.08. The molecule has 0 fully saturated rings. The van der Waals surface area contributed by atoms with E-state index in [9.17, 15) is 8.42 Å². The molecule has 3 rings (SSSR count). The van der Waals surface area contributed by atoms with Crippen LogP contribution in [0.15, 0.2) is 47.5 Å². The first-order chi connectivity index (χ1) is 12.7. The smallest absolute Gasteiger partial charge is 0.263 e. The van der Waals surface area contributed by atoms with Crippen molar-refractivity contribution in [1.29, 1.82) is 0 Å². The molecule has 0 aliphatic carbocycles. The lowest BCUT2D eigenvalue weighted by Crippen LogP contribution is -2.17. The summed E-state index contributed by atoms with van der Waals surface area (Å²) in [7, 11) is -3.81. The number of nitrogens with zero attached hydrogens (tertiary/aromatic N) is 2. The summed E-state index contributed by atoms with van der Waals surface area (Å²) in [5.41, 5.74) is 4.36. The Bertz CT molecular complexity index is 1060. The molecule has 0 saturated heterocycles. The van der Waals surface area contributed by atoms with Gasteiger partial charge in [-0.25, -0.2) is 8.42 Å². The molecule has 0 aliphatic rings. The molecule has 1 N–H and O–H groups in total. The van der Waals surface area contributed by atoms with Gasteiger partial charge in [0.15, 0.2) is 5.82 Å². The minimum atomic E-state index is -3.81. The molecule has 142 valence electrons. The molecule has 2 aromatic carbocycles. The summed E-state index contributed by atoms with van der Waals surface area (Å²) >= 11 is 6.24. The maximum absolute atomic E-state index is 13.0. The highest BCUT2D eigenvalue weighted by Gasteiger charge is 2.24. The number of nitrogens with one attached hydrogen (secondary N) is 1. The lowest BCUT2D eigenvalue weighted by atomic mass is 10.0. The van der Waals surface area contributed by atoms with Gasteiger partial charge in [-0.1, -0.05) is 48.0 Å². The molecule has 7 heteroatoms. The molecule has 3 aromatic rings. The predicted molar refractivity (Wildman–Crippen MR) is 109 cm³/mol. The highest BCUT2D eigenvalue weighted by molar-refractivity contribution is 7.92. The van der Waals surface area contributed by atoms with Crippen LogP contribution >= 0.6 is 11.6 Å². The standard InChI is InChI=1S/C20H22ClN3O2S/c1-13-10-14(2)16(4)19(15(13)3)27(25,26)23-20-18(21)12-24(22-20)11-17-8-6-5-7-9-17/h5-10,12H,11H2,1-4H3,(H,22,23). The van der Waals surface area contributed by atoms with E-state index in [2.05, 4.69) is 9.82 Å². The van der Waals surface area contributed by atoms with Crippen LogP contribution in [0.25, 0.3) is 0 Å². The molecular formula is C20H22ClN3O2S. The number of aryl methyl sites for hydroxylation is 2. The first kappa shape index (κ1) is 19.5. The van der Waals surface area contributed by atoms with E-state index in [1.165, 1.54) is 0 Å². The monoisotopic (exact) mass is 403 g/mol. The molecule has 27 heavy (non-hydrogen) atoms. The highest BCUT2D eigenvalue weighted by atomic mass is 35.5. The SMILES string of the molecule is Cc1cc(C)c(C)c(S(=O)(=O)Nc2nn(Cc3ccccc3)cc2Cl)c1C. The Morgan fingerprint density at radius 3 is 2.22 bits per heavy atom. The van der Waals surface area contributed by atoms with E-state index in [4.69, 9.17) is 11.6 Å². The van der Waals surface area contributed by atoms with Gasteiger partial charge in [-0.3, -0.25) is 9.40 Å². The molecule has 0 unspecified atom stereocenters. The fourth-order valence-corrected chi connectivity index (χ4v) is 4.97. The molecule has 0 spiro atoms. The first-order valence-corrected chi connectivity index (χ1v) is 10.4. The third kappa shape index (κ3) is 4.01. The van der Waals surface area contributed by atoms with E-state index >= 15 is 0 Å². The van der Waals surface area contributed by atoms with Gasteiger partial charge >= 0.3 is 0 Å². The minimum absolute atomic E-state index is 0.130. The van der Waals surface area contributed by atoms with E-state index in [0.717, 1.165) is 27.8 Å². The van der Waals surface area contributed by atoms with Crippen molar-refractivity contribution in [2.75, 3.05) is 4.72 Å². The van der Waals surface area contributed by atoms with E-state index in [1.54, 1.807) is 10.9 Å². The number of halogens is 1. The third-order valence-electron chi connectivity index (χ3n) is 4.70. The van der Waals surface area contributed by atoms with Crippen LogP contribution in [0.3, 0.4) is 0 Å². The lowest BCUT2D eigenvalue weighted by molar-refractivity contribution is 0.599. The summed E-state index contributed by atoms with van der Waals surface area (Å²) in [6.07, 6.45) is 1.62. The summed E-state index contributed by atoms with van der Waals surface area (Å²) in [5.74, 6) is 0.130. The maximum atomic E-state index is 13.0. The second-order valence-electron chi connectivity index (χ2n) is 6.70. The molecule has 1 heterocycles. The van der Waals surface area contributed by atoms with Gasteiger partial charge in [0.25, 0.3) is 10.0 Å². The van der Waals surface area contributed by atoms with Crippen LogP contribution in [0.1, 0.15) is 27.8 Å². The number of benzene rings is 2. The van der Waals surface area contributed by atoms with Crippen molar-refractivity contribution < 1.29 is 8.42 Å². The van der Waals surface area contributed by atoms with Crippen molar-refractivity contribution in [3.8, 4) is 0 Å². The number of hydrogen-bond donors (Lipinski definition) is 1. The Morgan fingerprint density at radius 1 is 1.04 bits per heavy atom. The first-order valence-electron chi connectivity index (χ1n) is 8.56. The topological polar surface area (TPSA) is 64.0 Å². The molecule has 0 radical (unpaired) electrons. The molecule has 0 saturated carbocycles. The van der Waals surface area contributed by atoms with Gasteiger partial charge in [0.05, 0.1) is 11.4 Å². The van der Waals surface area contributed by atoms with E-state index in [0.29, 0.717) is 6.54 Å². The second kappa shape index (κ2) is 7.37. The van der Waals surface area contributed by atoms with Crippen molar-refractivity contribution in [2.24, 2.45) is 0 Å². The molecular weight excluding hydrogens is 382 g/mol. The van der Waals surface area contributed by atoms with Crippen molar-refractivity contribution in [3.05, 3.63) is 75.4 Å². The number of hydrogen-bond acceptors (Lipinski definition) is 3. The van der Waals surface area contributed by atoms with Gasteiger partial charge in [-0.15, -0.1) is 0 Å². The summed E-state index contributed by atoms with van der Waals surface area (Å²) in [5, 5.41) is 4.57. The summed E-state index contributed by atoms with van der Waals surface area (Å²) in [6.45, 7) is 7.94. The largest absolute Gasteiger partial charge is 0.265 e. The van der Waals surface area contributed by atoms with Gasteiger partial charge < -0.3 is 0 Å². The average molecular weight is 404 g/mol. The van der Waals surface area contributed by atoms with Crippen molar-refractivity contribution in [1.82, 2.24) is 9.78 Å². The van der Waals surface area contributed by atoms with E-state index in [-0.39, 0.29) is 15.7 Å². The maximum Gasteiger partial charge on any atom is 0.263 e. The number of anilines is 1. The van der Waals surface area contributed by atoms with Crippen LogP contribution < -0.4 is 4.72 Å². The van der Waals surface area contributed by atoms with Gasteiger partial charge in [-0.2, -0.15) is 5.10 Å². The Morgan fingerprint density at radius 2 is 1.63 bits per heavy atom. The zero-order valence-electron chi connectivity index (χ0n) is 15.7. The Balaban J connectivity index is 1.94. The van der Waals surface area contributed by atoms with Gasteiger partial charge in [-0.05, 0) is 55.5 Å². The zero-order chi connectivity index (χ0) is 19.8. The van der Waals surface area contributed by atoms with Gasteiger partial charge in [0, 0.05) is 6.20 Å². The fraction of sp³-hybridized carbons (Fsp3) is 0.250. The predicted octanol–water partition coefficient (Wildman–Crippen LogP) is 4.62. The van der Waals surface area contributed by atoms with Crippen LogP contribution in [0.4, 0.5) is 5.82 Å². The summed E-state index contributed by atoms with van der Waals surface area (Å²) in [6, 6.07) is 11.8. The Hall–Kier alpha value is -2.31. The number of aromatic nitrogens is 2. The van der Waals surface area contributed by atoms with Crippen LogP contribution in [0.5, 0.6) is 0 Å². The van der Waals surface area contributed by atoms with Crippen LogP contribution in [-0.2, 0) is 16.6 Å². The molecule has 0 atom stereocenters. The number of sulfonamides is 1. The quantitative estimate of drug-likeness (QED) is 0.676. The summed E-state index contributed by atoms with van der Waals surface area (Å²) < 4.78 is 30.3. The molecule has 5 nitrogen and oxygen atoms in total. The second-order valence-corrected chi connectivity index (χ2v) is 8.73. The Kier molecular flexibility index (Phi) is 5.31. The van der Waals surface area contributed by atoms with Crippen molar-refractivity contribution in [2.45, 2.75) is 39.1 Å². The molecule has 0 bridgehead atoms. The van der Waals surface area contributed by atoms with Crippen LogP contribution in [-0.4, -0.2) is 18.2 Å². The van der Waals surface area contributed by atoms with Gasteiger partial charge in [0.1, 0.15) is 5.02 Å². The normalized spacial score (nSPS) is 11.6. The van der Waals surface area contributed by atoms with Gasteiger partial charge in [0.2, 0.25) is 0 Å². The van der Waals surface area contributed by atoms with Crippen molar-refractivity contribution in [3.63, 3.8) is 0 Å². The Labute approximate surface area is 165 Å². The zero-order valence-corrected chi connectivity index (χ0v) is 17.3. The molecule has 0 amide bonds. The van der Waals surface area contributed by atoms with Crippen LogP contribution in [0, 0.1) is 27.7 Å². The summed E-state index contributed by atoms with van der Waals surface area (Å²) in [4.78, 5) is 0.286. The average Bonchev–Trinajstić information content (AvgIpc) is 2.92. The van der Waals surface area contributed by atoms with Crippen molar-refractivity contribution >= 4 is 27.4 Å².